The second-order valence-corrected chi connectivity index (χ2v) is 7.30. The molecule has 0 saturated heterocycles. The molecule has 0 radical (unpaired) electrons. The second-order valence-electron chi connectivity index (χ2n) is 7.30. The van der Waals surface area contributed by atoms with Gasteiger partial charge in [-0.15, -0.1) is 0 Å². The van der Waals surface area contributed by atoms with E-state index in [4.69, 9.17) is 18.6 Å². The summed E-state index contributed by atoms with van der Waals surface area (Å²) in [6.07, 6.45) is 3.67. The number of aromatic hydroxyl groups is 1. The smallest absolute Gasteiger partial charge is 0.343 e. The maximum Gasteiger partial charge on any atom is 0.343 e. The number of H-pyrrole nitrogens is 1. The van der Waals surface area contributed by atoms with Crippen molar-refractivity contribution in [3.63, 3.8) is 0 Å². The number of ether oxygens (including phenoxy) is 3. The standard InChI is InChI=1S/C23H27N3O7/c1-13-9-17(27)20(23(29)33-13)16(10-19(28)25-8-7-14-11-24-12-26-14)15-5-6-18(30-2)22(32-4)21(15)31-3/h5-6,9,11-12,16,27H,7-8,10H2,1-4H3,(H,24,26)(H,25,28). The summed E-state index contributed by atoms with van der Waals surface area (Å²) in [4.78, 5) is 32.5. The fourth-order valence-corrected chi connectivity index (χ4v) is 3.71. The molecule has 0 aliphatic carbocycles. The lowest BCUT2D eigenvalue weighted by Crippen LogP contribution is -2.29. The van der Waals surface area contributed by atoms with Crippen LogP contribution in [0.4, 0.5) is 0 Å². The lowest BCUT2D eigenvalue weighted by atomic mass is 9.87. The minimum Gasteiger partial charge on any atom is -0.507 e. The van der Waals surface area contributed by atoms with Gasteiger partial charge in [0.2, 0.25) is 11.7 Å². The van der Waals surface area contributed by atoms with E-state index >= 15 is 0 Å². The molecule has 0 aliphatic rings. The summed E-state index contributed by atoms with van der Waals surface area (Å²) in [5.41, 5.74) is 0.560. The molecule has 1 atom stereocenters. The zero-order valence-corrected chi connectivity index (χ0v) is 18.9. The summed E-state index contributed by atoms with van der Waals surface area (Å²) < 4.78 is 21.6. The van der Waals surface area contributed by atoms with Crippen molar-refractivity contribution in [2.45, 2.75) is 25.7 Å². The highest BCUT2D eigenvalue weighted by atomic mass is 16.5. The van der Waals surface area contributed by atoms with Crippen molar-refractivity contribution in [2.24, 2.45) is 0 Å². The molecule has 0 spiro atoms. The number of aromatic nitrogens is 2. The number of rotatable bonds is 10. The fraction of sp³-hybridized carbons (Fsp3) is 0.348. The lowest BCUT2D eigenvalue weighted by Gasteiger charge is -2.22. The summed E-state index contributed by atoms with van der Waals surface area (Å²) in [6, 6.07) is 4.65. The van der Waals surface area contributed by atoms with E-state index in [-0.39, 0.29) is 35.2 Å². The van der Waals surface area contributed by atoms with Crippen LogP contribution in [0.2, 0.25) is 0 Å². The molecule has 2 heterocycles. The Balaban J connectivity index is 2.00. The largest absolute Gasteiger partial charge is 0.507 e. The number of hydrogen-bond donors (Lipinski definition) is 3. The molecule has 2 aromatic heterocycles. The number of aromatic amines is 1. The highest BCUT2D eigenvalue weighted by Gasteiger charge is 2.30. The van der Waals surface area contributed by atoms with E-state index in [9.17, 15) is 14.7 Å². The van der Waals surface area contributed by atoms with Crippen molar-refractivity contribution in [2.75, 3.05) is 27.9 Å². The van der Waals surface area contributed by atoms with Gasteiger partial charge in [0.15, 0.2) is 11.5 Å². The minimum atomic E-state index is -0.872. The molecule has 176 valence electrons. The third-order valence-corrected chi connectivity index (χ3v) is 5.21. The number of aryl methyl sites for hydroxylation is 1. The molecule has 10 heteroatoms. The number of hydrogen-bond acceptors (Lipinski definition) is 8. The van der Waals surface area contributed by atoms with Gasteiger partial charge in [-0.25, -0.2) is 9.78 Å². The molecule has 1 amide bonds. The first-order valence-corrected chi connectivity index (χ1v) is 10.3. The van der Waals surface area contributed by atoms with E-state index in [1.165, 1.54) is 27.4 Å². The van der Waals surface area contributed by atoms with E-state index in [0.29, 0.717) is 30.0 Å². The van der Waals surface area contributed by atoms with Crippen LogP contribution in [0, 0.1) is 6.92 Å². The highest BCUT2D eigenvalue weighted by Crippen LogP contribution is 2.45. The average Bonchev–Trinajstić information content (AvgIpc) is 3.30. The number of carbonyl (C=O) groups excluding carboxylic acids is 1. The zero-order valence-electron chi connectivity index (χ0n) is 18.9. The van der Waals surface area contributed by atoms with Crippen LogP contribution >= 0.6 is 0 Å². The van der Waals surface area contributed by atoms with Crippen LogP contribution < -0.4 is 25.2 Å². The van der Waals surface area contributed by atoms with Crippen LogP contribution in [0.1, 0.15) is 34.9 Å². The Morgan fingerprint density at radius 3 is 2.58 bits per heavy atom. The maximum absolute atomic E-state index is 12.8. The molecule has 3 N–H and O–H groups in total. The monoisotopic (exact) mass is 457 g/mol. The number of benzene rings is 1. The van der Waals surface area contributed by atoms with E-state index in [2.05, 4.69) is 15.3 Å². The van der Waals surface area contributed by atoms with Crippen molar-refractivity contribution < 1.29 is 28.5 Å². The summed E-state index contributed by atoms with van der Waals surface area (Å²) in [7, 11) is 4.39. The van der Waals surface area contributed by atoms with E-state index in [0.717, 1.165) is 5.69 Å². The van der Waals surface area contributed by atoms with Gasteiger partial charge in [-0.2, -0.15) is 0 Å². The van der Waals surface area contributed by atoms with Crippen molar-refractivity contribution in [3.05, 3.63) is 63.7 Å². The van der Waals surface area contributed by atoms with Crippen molar-refractivity contribution >= 4 is 5.91 Å². The molecule has 3 rings (SSSR count). The van der Waals surface area contributed by atoms with Gasteiger partial charge in [0.25, 0.3) is 0 Å². The molecule has 0 bridgehead atoms. The lowest BCUT2D eigenvalue weighted by molar-refractivity contribution is -0.121. The van der Waals surface area contributed by atoms with Gasteiger partial charge >= 0.3 is 5.63 Å². The first kappa shape index (κ1) is 23.7. The highest BCUT2D eigenvalue weighted by molar-refractivity contribution is 5.78. The number of nitrogens with one attached hydrogen (secondary N) is 2. The quantitative estimate of drug-likeness (QED) is 0.422. The second kappa shape index (κ2) is 10.6. The molecule has 10 nitrogen and oxygen atoms in total. The summed E-state index contributed by atoms with van der Waals surface area (Å²) in [5, 5.41) is 13.4. The van der Waals surface area contributed by atoms with Gasteiger partial charge in [0, 0.05) is 48.8 Å². The number of amides is 1. The summed E-state index contributed by atoms with van der Waals surface area (Å²) in [6.45, 7) is 1.92. The number of imidazole rings is 1. The molecule has 1 unspecified atom stereocenters. The van der Waals surface area contributed by atoms with E-state index in [1.54, 1.807) is 31.6 Å². The third kappa shape index (κ3) is 5.28. The van der Waals surface area contributed by atoms with Crippen LogP contribution in [0.5, 0.6) is 23.0 Å². The molecule has 33 heavy (non-hydrogen) atoms. The minimum absolute atomic E-state index is 0.0464. The van der Waals surface area contributed by atoms with Crippen LogP contribution in [0.15, 0.2) is 39.9 Å². The Morgan fingerprint density at radius 2 is 1.97 bits per heavy atom. The molecule has 0 saturated carbocycles. The van der Waals surface area contributed by atoms with Crippen molar-refractivity contribution in [1.29, 1.82) is 0 Å². The Hall–Kier alpha value is -3.95. The first-order chi connectivity index (χ1) is 15.9. The molecular weight excluding hydrogens is 430 g/mol. The maximum atomic E-state index is 12.8. The molecule has 3 aromatic rings. The van der Waals surface area contributed by atoms with Gasteiger partial charge in [-0.1, -0.05) is 6.07 Å². The van der Waals surface area contributed by atoms with E-state index < -0.39 is 11.5 Å². The molecule has 0 fully saturated rings. The van der Waals surface area contributed by atoms with Crippen molar-refractivity contribution in [1.82, 2.24) is 15.3 Å². The SMILES string of the molecule is COc1ccc(C(CC(=O)NCCc2cnc[nH]2)c2c(O)cc(C)oc2=O)c(OC)c1OC. The molecule has 0 aliphatic heterocycles. The predicted octanol–water partition coefficient (Wildman–Crippen LogP) is 2.28. The Labute approximate surface area is 190 Å². The Kier molecular flexibility index (Phi) is 7.60. The first-order valence-electron chi connectivity index (χ1n) is 10.3. The predicted molar refractivity (Wildman–Crippen MR) is 119 cm³/mol. The average molecular weight is 457 g/mol. The summed E-state index contributed by atoms with van der Waals surface area (Å²) >= 11 is 0. The Morgan fingerprint density at radius 1 is 1.21 bits per heavy atom. The van der Waals surface area contributed by atoms with Gasteiger partial charge < -0.3 is 34.0 Å². The number of methoxy groups -OCH3 is 3. The van der Waals surface area contributed by atoms with Crippen LogP contribution in [-0.4, -0.2) is 48.9 Å². The number of nitrogens with zero attached hydrogens (tertiary/aromatic N) is 1. The van der Waals surface area contributed by atoms with Gasteiger partial charge in [0.1, 0.15) is 11.5 Å². The zero-order chi connectivity index (χ0) is 24.0. The summed E-state index contributed by atoms with van der Waals surface area (Å²) in [5.74, 6) is -0.204. The van der Waals surface area contributed by atoms with Crippen molar-refractivity contribution in [3.8, 4) is 23.0 Å². The Bertz CT molecular complexity index is 1160. The molecular formula is C23H27N3O7. The van der Waals surface area contributed by atoms with E-state index in [1.807, 2.05) is 0 Å². The van der Waals surface area contributed by atoms with Crippen LogP contribution in [0.25, 0.3) is 0 Å². The van der Waals surface area contributed by atoms with Gasteiger partial charge in [-0.05, 0) is 13.0 Å². The third-order valence-electron chi connectivity index (χ3n) is 5.21. The normalized spacial score (nSPS) is 11.6. The number of carbonyl (C=O) groups is 1. The van der Waals surface area contributed by atoms with Crippen LogP contribution in [0.3, 0.4) is 0 Å². The van der Waals surface area contributed by atoms with Crippen LogP contribution in [-0.2, 0) is 11.2 Å². The topological polar surface area (TPSA) is 136 Å². The fourth-order valence-electron chi connectivity index (χ4n) is 3.71. The van der Waals surface area contributed by atoms with Gasteiger partial charge in [0.05, 0.1) is 33.2 Å². The van der Waals surface area contributed by atoms with Gasteiger partial charge in [-0.3, -0.25) is 4.79 Å². The molecule has 1 aromatic carbocycles.